The highest BCUT2D eigenvalue weighted by Crippen LogP contribution is 2.22. The lowest BCUT2D eigenvalue weighted by atomic mass is 10.0. The fraction of sp³-hybridized carbons (Fsp3) is 0.231. The van der Waals surface area contributed by atoms with Gasteiger partial charge in [0.2, 0.25) is 0 Å². The molecule has 0 bridgehead atoms. The number of aromatic amines is 1. The fourth-order valence-electron chi connectivity index (χ4n) is 4.18. The van der Waals surface area contributed by atoms with Gasteiger partial charge in [-0.1, -0.05) is 31.4 Å². The molecule has 170 valence electrons. The first-order valence-electron chi connectivity index (χ1n) is 10.9. The zero-order valence-electron chi connectivity index (χ0n) is 19.0. The number of nitrogens with one attached hydrogen (secondary N) is 1. The molecule has 0 unspecified atom stereocenters. The number of allylic oxidation sites excluding steroid dienone is 1. The molecule has 3 aromatic rings. The van der Waals surface area contributed by atoms with Crippen LogP contribution in [0.3, 0.4) is 0 Å². The summed E-state index contributed by atoms with van der Waals surface area (Å²) in [5, 5.41) is 5.36. The predicted molar refractivity (Wildman–Crippen MR) is 129 cm³/mol. The van der Waals surface area contributed by atoms with E-state index in [1.54, 1.807) is 17.1 Å². The maximum Gasteiger partial charge on any atom is 0.253 e. The van der Waals surface area contributed by atoms with Crippen LogP contribution in [0.4, 0.5) is 4.39 Å². The van der Waals surface area contributed by atoms with Crippen molar-refractivity contribution in [1.82, 2.24) is 24.6 Å². The maximum atomic E-state index is 14.7. The van der Waals surface area contributed by atoms with E-state index in [1.165, 1.54) is 6.92 Å². The summed E-state index contributed by atoms with van der Waals surface area (Å²) in [4.78, 5) is 19.9. The third-order valence-corrected chi connectivity index (χ3v) is 6.08. The second-order valence-electron chi connectivity index (χ2n) is 8.09. The van der Waals surface area contributed by atoms with E-state index in [-0.39, 0.29) is 11.7 Å². The molecule has 1 aromatic carbocycles. The minimum Gasteiger partial charge on any atom is -0.368 e. The van der Waals surface area contributed by atoms with Crippen molar-refractivity contribution in [2.75, 3.05) is 26.2 Å². The molecule has 33 heavy (non-hydrogen) atoms. The number of rotatable bonds is 5. The Balaban J connectivity index is 1.53. The Morgan fingerprint density at radius 2 is 1.70 bits per heavy atom. The second kappa shape index (κ2) is 9.32. The van der Waals surface area contributed by atoms with Gasteiger partial charge in [-0.3, -0.25) is 4.79 Å². The minimum atomic E-state index is -0.306. The first-order chi connectivity index (χ1) is 15.9. The summed E-state index contributed by atoms with van der Waals surface area (Å²) in [6.07, 6.45) is 5.27. The van der Waals surface area contributed by atoms with Crippen molar-refractivity contribution in [3.63, 3.8) is 0 Å². The van der Waals surface area contributed by atoms with Crippen molar-refractivity contribution in [3.8, 4) is 0 Å². The average molecular weight is 446 g/mol. The summed E-state index contributed by atoms with van der Waals surface area (Å²) in [5.41, 5.74) is 3.53. The molecule has 4 rings (SSSR count). The lowest BCUT2D eigenvalue weighted by Crippen LogP contribution is -2.48. The Labute approximate surface area is 192 Å². The lowest BCUT2D eigenvalue weighted by Gasteiger charge is -2.37. The molecule has 2 aromatic heterocycles. The van der Waals surface area contributed by atoms with Crippen molar-refractivity contribution in [3.05, 3.63) is 95.5 Å². The van der Waals surface area contributed by atoms with Crippen LogP contribution in [0.2, 0.25) is 0 Å². The van der Waals surface area contributed by atoms with Crippen LogP contribution < -0.4 is 10.6 Å². The SMILES string of the molecule is C=C(C(=C)N1CCN(C(=O)c2ccccc2)CC1)c1c[nH]c(=C(/C)n2cccn2)/c1=C(\C)F. The van der Waals surface area contributed by atoms with Gasteiger partial charge < -0.3 is 14.8 Å². The van der Waals surface area contributed by atoms with Crippen LogP contribution in [-0.2, 0) is 0 Å². The molecule has 0 spiro atoms. The number of aromatic nitrogens is 3. The summed E-state index contributed by atoms with van der Waals surface area (Å²) in [6.45, 7) is 14.2. The molecule has 1 saturated heterocycles. The van der Waals surface area contributed by atoms with Gasteiger partial charge in [-0.25, -0.2) is 9.07 Å². The van der Waals surface area contributed by atoms with Crippen molar-refractivity contribution in [2.45, 2.75) is 13.8 Å². The van der Waals surface area contributed by atoms with Gasteiger partial charge in [0.05, 0.1) is 11.0 Å². The van der Waals surface area contributed by atoms with E-state index in [0.29, 0.717) is 53.4 Å². The molecule has 1 fully saturated rings. The van der Waals surface area contributed by atoms with Crippen LogP contribution in [0.1, 0.15) is 29.8 Å². The van der Waals surface area contributed by atoms with Crippen LogP contribution in [0.25, 0.3) is 17.1 Å². The monoisotopic (exact) mass is 445 g/mol. The van der Waals surface area contributed by atoms with Gasteiger partial charge in [-0.05, 0) is 37.6 Å². The van der Waals surface area contributed by atoms with Gasteiger partial charge in [0.15, 0.2) is 0 Å². The van der Waals surface area contributed by atoms with Gasteiger partial charge in [0.1, 0.15) is 5.83 Å². The number of benzene rings is 1. The summed E-state index contributed by atoms with van der Waals surface area (Å²) in [5.74, 6) is -0.274. The highest BCUT2D eigenvalue weighted by Gasteiger charge is 2.24. The zero-order chi connectivity index (χ0) is 23.5. The highest BCUT2D eigenvalue weighted by molar-refractivity contribution is 5.94. The molecule has 1 N–H and O–H groups in total. The summed E-state index contributed by atoms with van der Waals surface area (Å²) in [6, 6.07) is 11.1. The van der Waals surface area contributed by atoms with Crippen LogP contribution in [0.5, 0.6) is 0 Å². The van der Waals surface area contributed by atoms with Crippen LogP contribution in [-0.4, -0.2) is 56.7 Å². The number of nitrogens with zero attached hydrogens (tertiary/aromatic N) is 4. The Kier molecular flexibility index (Phi) is 6.31. The summed E-state index contributed by atoms with van der Waals surface area (Å²) >= 11 is 0. The normalized spacial score (nSPS) is 15.8. The van der Waals surface area contributed by atoms with Crippen molar-refractivity contribution in [2.24, 2.45) is 0 Å². The fourth-order valence-corrected chi connectivity index (χ4v) is 4.18. The quantitative estimate of drug-likeness (QED) is 0.615. The molecule has 0 atom stereocenters. The Hall–Kier alpha value is -3.87. The van der Waals surface area contributed by atoms with E-state index in [1.807, 2.05) is 54.4 Å². The van der Waals surface area contributed by atoms with Crippen LogP contribution in [0.15, 0.2) is 73.8 Å². The Bertz CT molecular complexity index is 1290. The van der Waals surface area contributed by atoms with Gasteiger partial charge >= 0.3 is 0 Å². The number of hydrogen-bond donors (Lipinski definition) is 1. The maximum absolute atomic E-state index is 14.7. The van der Waals surface area contributed by atoms with E-state index in [9.17, 15) is 9.18 Å². The Morgan fingerprint density at radius 1 is 1.03 bits per heavy atom. The lowest BCUT2D eigenvalue weighted by molar-refractivity contribution is 0.0674. The predicted octanol–water partition coefficient (Wildman–Crippen LogP) is 2.97. The zero-order valence-corrected chi connectivity index (χ0v) is 19.0. The molecule has 6 nitrogen and oxygen atoms in total. The molecule has 0 aliphatic carbocycles. The second-order valence-corrected chi connectivity index (χ2v) is 8.09. The Morgan fingerprint density at radius 3 is 2.30 bits per heavy atom. The summed E-state index contributed by atoms with van der Waals surface area (Å²) < 4.78 is 16.4. The molecule has 1 aliphatic rings. The first kappa shape index (κ1) is 22.3. The molecule has 0 radical (unpaired) electrons. The van der Waals surface area contributed by atoms with Crippen molar-refractivity contribution >= 4 is 23.0 Å². The molecule has 3 heterocycles. The number of carbonyl (C=O) groups is 1. The van der Waals surface area contributed by atoms with Crippen LogP contribution in [0, 0.1) is 0 Å². The summed E-state index contributed by atoms with van der Waals surface area (Å²) in [7, 11) is 0. The number of carbonyl (C=O) groups excluding carboxylic acids is 1. The topological polar surface area (TPSA) is 57.2 Å². The molecule has 1 aliphatic heterocycles. The van der Waals surface area contributed by atoms with Gasteiger partial charge in [0.25, 0.3) is 5.91 Å². The van der Waals surface area contributed by atoms with E-state index >= 15 is 0 Å². The highest BCUT2D eigenvalue weighted by atomic mass is 19.1. The standard InChI is InChI=1S/C26H28FN5O/c1-18(23-17-28-25(24(23)19(2)27)21(4)32-12-8-11-29-32)20(3)30-13-15-31(16-14-30)26(33)22-9-6-5-7-10-22/h5-12,17,28H,1,3,13-16H2,2,4H3/b24-19+,25-21-. The largest absolute Gasteiger partial charge is 0.368 e. The van der Waals surface area contributed by atoms with Gasteiger partial charge in [0, 0.05) is 66.8 Å². The molecule has 1 amide bonds. The minimum absolute atomic E-state index is 0.0320. The first-order valence-corrected chi connectivity index (χ1v) is 10.9. The third-order valence-electron chi connectivity index (χ3n) is 6.08. The van der Waals surface area contributed by atoms with E-state index in [2.05, 4.69) is 28.1 Å². The smallest absolute Gasteiger partial charge is 0.253 e. The van der Waals surface area contributed by atoms with Crippen molar-refractivity contribution < 1.29 is 9.18 Å². The number of halogens is 1. The van der Waals surface area contributed by atoms with E-state index in [4.69, 9.17) is 0 Å². The van der Waals surface area contributed by atoms with Gasteiger partial charge in [-0.2, -0.15) is 5.10 Å². The van der Waals surface area contributed by atoms with E-state index < -0.39 is 0 Å². The molecular weight excluding hydrogens is 417 g/mol. The van der Waals surface area contributed by atoms with Gasteiger partial charge in [-0.15, -0.1) is 0 Å². The number of H-pyrrole nitrogens is 1. The number of piperazine rings is 1. The van der Waals surface area contributed by atoms with Crippen molar-refractivity contribution in [1.29, 1.82) is 0 Å². The molecule has 0 saturated carbocycles. The number of hydrogen-bond acceptors (Lipinski definition) is 3. The van der Waals surface area contributed by atoms with Crippen LogP contribution >= 0.6 is 0 Å². The number of amides is 1. The third kappa shape index (κ3) is 4.39. The molecule has 7 heteroatoms. The average Bonchev–Trinajstić information content (AvgIpc) is 3.53. The van der Waals surface area contributed by atoms with E-state index in [0.717, 1.165) is 11.4 Å². The molecular formula is C26H28FN5O.